The molecule has 0 bridgehead atoms. The second-order valence-corrected chi connectivity index (χ2v) is 4.26. The summed E-state index contributed by atoms with van der Waals surface area (Å²) in [5, 5.41) is 4.11. The van der Waals surface area contributed by atoms with E-state index in [0.29, 0.717) is 17.2 Å². The highest BCUT2D eigenvalue weighted by atomic mass is 19.1. The molecule has 1 N–H and O–H groups in total. The summed E-state index contributed by atoms with van der Waals surface area (Å²) < 4.78 is 13.6. The normalized spacial score (nSPS) is 11.5. The van der Waals surface area contributed by atoms with Gasteiger partial charge >= 0.3 is 0 Å². The van der Waals surface area contributed by atoms with Crippen LogP contribution in [0.1, 0.15) is 23.9 Å². The van der Waals surface area contributed by atoms with Gasteiger partial charge in [-0.05, 0) is 32.9 Å². The van der Waals surface area contributed by atoms with Crippen molar-refractivity contribution in [2.45, 2.75) is 20.8 Å². The molecule has 0 fully saturated rings. The SMILES string of the molecule is C/C(=N/Nc1nc(C)cc(C)n1)c1ccccc1F. The van der Waals surface area contributed by atoms with Crippen molar-refractivity contribution in [1.29, 1.82) is 0 Å². The highest BCUT2D eigenvalue weighted by molar-refractivity contribution is 5.99. The Bertz CT molecular complexity index is 602. The first-order chi connectivity index (χ1) is 9.06. The van der Waals surface area contributed by atoms with Crippen molar-refractivity contribution in [3.63, 3.8) is 0 Å². The largest absolute Gasteiger partial charge is 0.245 e. The summed E-state index contributed by atoms with van der Waals surface area (Å²) >= 11 is 0. The molecule has 0 amide bonds. The lowest BCUT2D eigenvalue weighted by atomic mass is 10.1. The van der Waals surface area contributed by atoms with E-state index in [4.69, 9.17) is 0 Å². The minimum Gasteiger partial charge on any atom is -0.245 e. The molecule has 0 saturated carbocycles. The predicted molar refractivity (Wildman–Crippen MR) is 73.7 cm³/mol. The Balaban J connectivity index is 2.20. The molecule has 1 heterocycles. The molecule has 5 heteroatoms. The number of hydrogen-bond donors (Lipinski definition) is 1. The highest BCUT2D eigenvalue weighted by Crippen LogP contribution is 2.09. The Hall–Kier alpha value is -2.30. The van der Waals surface area contributed by atoms with Crippen LogP contribution in [0.3, 0.4) is 0 Å². The fourth-order valence-corrected chi connectivity index (χ4v) is 1.72. The summed E-state index contributed by atoms with van der Waals surface area (Å²) in [6.45, 7) is 5.49. The first-order valence-corrected chi connectivity index (χ1v) is 5.94. The number of nitrogens with zero attached hydrogens (tertiary/aromatic N) is 3. The molecule has 0 radical (unpaired) electrons. The molecule has 0 aliphatic carbocycles. The van der Waals surface area contributed by atoms with E-state index in [9.17, 15) is 4.39 Å². The molecule has 98 valence electrons. The van der Waals surface area contributed by atoms with E-state index in [1.54, 1.807) is 25.1 Å². The lowest BCUT2D eigenvalue weighted by molar-refractivity contribution is 0.625. The van der Waals surface area contributed by atoms with E-state index in [1.165, 1.54) is 6.07 Å². The van der Waals surface area contributed by atoms with Crippen LogP contribution in [-0.4, -0.2) is 15.7 Å². The average Bonchev–Trinajstić information content (AvgIpc) is 2.35. The van der Waals surface area contributed by atoms with Gasteiger partial charge < -0.3 is 0 Å². The van der Waals surface area contributed by atoms with Gasteiger partial charge in [0, 0.05) is 17.0 Å². The van der Waals surface area contributed by atoms with E-state index in [2.05, 4.69) is 20.5 Å². The second-order valence-electron chi connectivity index (χ2n) is 4.26. The summed E-state index contributed by atoms with van der Waals surface area (Å²) in [6.07, 6.45) is 0. The van der Waals surface area contributed by atoms with E-state index in [1.807, 2.05) is 19.9 Å². The number of aryl methyl sites for hydroxylation is 2. The molecule has 0 aliphatic rings. The maximum atomic E-state index is 13.6. The van der Waals surface area contributed by atoms with Crippen molar-refractivity contribution in [2.75, 3.05) is 5.43 Å². The lowest BCUT2D eigenvalue weighted by Crippen LogP contribution is -2.05. The number of hydrazone groups is 1. The summed E-state index contributed by atoms with van der Waals surface area (Å²) in [5.74, 6) is 0.111. The Morgan fingerprint density at radius 2 is 1.79 bits per heavy atom. The van der Waals surface area contributed by atoms with Gasteiger partial charge in [-0.15, -0.1) is 0 Å². The maximum absolute atomic E-state index is 13.6. The van der Waals surface area contributed by atoms with Gasteiger partial charge in [-0.25, -0.2) is 19.8 Å². The summed E-state index contributed by atoms with van der Waals surface area (Å²) in [5.41, 5.74) is 5.46. The van der Waals surface area contributed by atoms with Crippen molar-refractivity contribution < 1.29 is 4.39 Å². The molecular formula is C14H15FN4. The molecule has 0 spiro atoms. The van der Waals surface area contributed by atoms with Gasteiger partial charge in [0.25, 0.3) is 0 Å². The fraction of sp³-hybridized carbons (Fsp3) is 0.214. The minimum absolute atomic E-state index is 0.299. The molecule has 1 aromatic carbocycles. The third-order valence-electron chi connectivity index (χ3n) is 2.57. The number of nitrogens with one attached hydrogen (secondary N) is 1. The van der Waals surface area contributed by atoms with E-state index >= 15 is 0 Å². The molecule has 2 rings (SSSR count). The van der Waals surface area contributed by atoms with Crippen LogP contribution < -0.4 is 5.43 Å². The monoisotopic (exact) mass is 258 g/mol. The van der Waals surface area contributed by atoms with Gasteiger partial charge in [0.15, 0.2) is 0 Å². The highest BCUT2D eigenvalue weighted by Gasteiger charge is 2.04. The number of anilines is 1. The molecule has 4 nitrogen and oxygen atoms in total. The first kappa shape index (κ1) is 13.1. The Kier molecular flexibility index (Phi) is 3.85. The molecule has 2 aromatic rings. The standard InChI is InChI=1S/C14H15FN4/c1-9-8-10(2)17-14(16-9)19-18-11(3)12-6-4-5-7-13(12)15/h4-8H,1-3H3,(H,16,17,19)/b18-11-. The number of hydrogen-bond acceptors (Lipinski definition) is 4. The summed E-state index contributed by atoms with van der Waals surface area (Å²) in [6, 6.07) is 8.37. The zero-order chi connectivity index (χ0) is 13.8. The molecular weight excluding hydrogens is 243 g/mol. The average molecular weight is 258 g/mol. The van der Waals surface area contributed by atoms with Crippen LogP contribution in [0.5, 0.6) is 0 Å². The van der Waals surface area contributed by atoms with Crippen molar-refractivity contribution >= 4 is 11.7 Å². The summed E-state index contributed by atoms with van der Waals surface area (Å²) in [7, 11) is 0. The maximum Gasteiger partial charge on any atom is 0.243 e. The molecule has 0 unspecified atom stereocenters. The second kappa shape index (κ2) is 5.56. The third-order valence-corrected chi connectivity index (χ3v) is 2.57. The van der Waals surface area contributed by atoms with Gasteiger partial charge in [-0.2, -0.15) is 5.10 Å². The van der Waals surface area contributed by atoms with Crippen LogP contribution in [0, 0.1) is 19.7 Å². The Labute approximate surface area is 111 Å². The minimum atomic E-state index is -0.299. The number of halogens is 1. The summed E-state index contributed by atoms with van der Waals surface area (Å²) in [4.78, 5) is 8.40. The van der Waals surface area contributed by atoms with Gasteiger partial charge in [-0.3, -0.25) is 0 Å². The van der Waals surface area contributed by atoms with Crippen molar-refractivity contribution in [3.05, 3.63) is 53.1 Å². The van der Waals surface area contributed by atoms with Crippen LogP contribution in [0.25, 0.3) is 0 Å². The van der Waals surface area contributed by atoms with Crippen LogP contribution in [0.2, 0.25) is 0 Å². The topological polar surface area (TPSA) is 50.2 Å². The quantitative estimate of drug-likeness (QED) is 0.680. The zero-order valence-corrected chi connectivity index (χ0v) is 11.1. The van der Waals surface area contributed by atoms with Crippen molar-refractivity contribution in [2.24, 2.45) is 5.10 Å². The molecule has 0 saturated heterocycles. The predicted octanol–water partition coefficient (Wildman–Crippen LogP) is 3.07. The Morgan fingerprint density at radius 3 is 2.42 bits per heavy atom. The van der Waals surface area contributed by atoms with E-state index in [0.717, 1.165) is 11.4 Å². The zero-order valence-electron chi connectivity index (χ0n) is 11.1. The fourth-order valence-electron chi connectivity index (χ4n) is 1.72. The lowest BCUT2D eigenvalue weighted by Gasteiger charge is -2.05. The Morgan fingerprint density at radius 1 is 1.16 bits per heavy atom. The smallest absolute Gasteiger partial charge is 0.243 e. The van der Waals surface area contributed by atoms with Gasteiger partial charge in [0.05, 0.1) is 5.71 Å². The molecule has 0 atom stereocenters. The van der Waals surface area contributed by atoms with Gasteiger partial charge in [0.2, 0.25) is 5.95 Å². The molecule has 1 aromatic heterocycles. The van der Waals surface area contributed by atoms with Crippen molar-refractivity contribution in [1.82, 2.24) is 9.97 Å². The van der Waals surface area contributed by atoms with Crippen molar-refractivity contribution in [3.8, 4) is 0 Å². The van der Waals surface area contributed by atoms with E-state index in [-0.39, 0.29) is 5.82 Å². The number of rotatable bonds is 3. The molecule has 0 aliphatic heterocycles. The molecule has 19 heavy (non-hydrogen) atoms. The van der Waals surface area contributed by atoms with Crippen LogP contribution >= 0.6 is 0 Å². The number of benzene rings is 1. The van der Waals surface area contributed by atoms with Crippen LogP contribution in [0.4, 0.5) is 10.3 Å². The first-order valence-electron chi connectivity index (χ1n) is 5.94. The van der Waals surface area contributed by atoms with Crippen LogP contribution in [0.15, 0.2) is 35.4 Å². The van der Waals surface area contributed by atoms with E-state index < -0.39 is 0 Å². The van der Waals surface area contributed by atoms with Gasteiger partial charge in [-0.1, -0.05) is 18.2 Å². The van der Waals surface area contributed by atoms with Crippen LogP contribution in [-0.2, 0) is 0 Å². The number of aromatic nitrogens is 2. The third kappa shape index (κ3) is 3.34. The van der Waals surface area contributed by atoms with Gasteiger partial charge in [0.1, 0.15) is 5.82 Å².